The van der Waals surface area contributed by atoms with Crippen LogP contribution in [0.5, 0.6) is 0 Å². The third kappa shape index (κ3) is 2.73. The minimum Gasteiger partial charge on any atom is -0.330 e. The Morgan fingerprint density at radius 3 is 2.77 bits per heavy atom. The molecule has 3 rings (SSSR count). The molecule has 0 aliphatic rings. The molecule has 0 fully saturated rings. The first-order valence-electron chi connectivity index (χ1n) is 7.06. The molecule has 2 aromatic carbocycles. The molecule has 0 saturated carbocycles. The highest BCUT2D eigenvalue weighted by Gasteiger charge is 2.15. The fraction of sp³-hybridized carbons (Fsp3) is 0.111. The lowest BCUT2D eigenvalue weighted by Crippen LogP contribution is -2.06. The molecule has 110 valence electrons. The summed E-state index contributed by atoms with van der Waals surface area (Å²) in [4.78, 5) is 16.9. The first-order chi connectivity index (χ1) is 10.7. The van der Waals surface area contributed by atoms with Crippen LogP contribution in [-0.2, 0) is 6.42 Å². The third-order valence-corrected chi connectivity index (χ3v) is 3.95. The molecule has 0 unspecified atom stereocenters. The van der Waals surface area contributed by atoms with E-state index in [0.717, 1.165) is 22.8 Å². The predicted octanol–water partition coefficient (Wildman–Crippen LogP) is 3.62. The lowest BCUT2D eigenvalue weighted by atomic mass is 9.97. The van der Waals surface area contributed by atoms with Gasteiger partial charge in [-0.25, -0.2) is 0 Å². The molecule has 2 N–H and O–H groups in total. The normalized spacial score (nSPS) is 10.8. The largest absolute Gasteiger partial charge is 0.330 e. The Bertz CT molecular complexity index is 840. The number of pyridine rings is 1. The molecule has 4 heteroatoms. The molecule has 0 saturated heterocycles. The van der Waals surface area contributed by atoms with E-state index in [1.54, 1.807) is 18.5 Å². The summed E-state index contributed by atoms with van der Waals surface area (Å²) in [5.41, 5.74) is 7.72. The number of benzene rings is 2. The Labute approximate surface area is 133 Å². The Morgan fingerprint density at radius 1 is 1.14 bits per heavy atom. The van der Waals surface area contributed by atoms with Gasteiger partial charge in [0, 0.05) is 28.9 Å². The average molecular weight is 311 g/mol. The summed E-state index contributed by atoms with van der Waals surface area (Å²) in [5, 5.41) is 2.27. The van der Waals surface area contributed by atoms with E-state index in [9.17, 15) is 4.79 Å². The maximum atomic E-state index is 12.8. The van der Waals surface area contributed by atoms with Gasteiger partial charge < -0.3 is 5.73 Å². The van der Waals surface area contributed by atoms with Crippen LogP contribution in [0.2, 0.25) is 5.02 Å². The van der Waals surface area contributed by atoms with Crippen molar-refractivity contribution in [3.8, 4) is 0 Å². The number of aromatic nitrogens is 1. The predicted molar refractivity (Wildman–Crippen MR) is 89.4 cm³/mol. The maximum Gasteiger partial charge on any atom is 0.195 e. The molecule has 3 aromatic rings. The second-order valence-corrected chi connectivity index (χ2v) is 5.49. The van der Waals surface area contributed by atoms with Crippen LogP contribution in [0.4, 0.5) is 0 Å². The van der Waals surface area contributed by atoms with Gasteiger partial charge in [0.25, 0.3) is 0 Å². The number of nitrogens with zero attached hydrogens (tertiary/aromatic N) is 1. The molecule has 0 spiro atoms. The van der Waals surface area contributed by atoms with Crippen LogP contribution in [0.15, 0.2) is 54.9 Å². The summed E-state index contributed by atoms with van der Waals surface area (Å²) < 4.78 is 0. The molecule has 1 heterocycles. The molecule has 3 nitrogen and oxygen atoms in total. The summed E-state index contributed by atoms with van der Waals surface area (Å²) in [6.45, 7) is 0.556. The first-order valence-corrected chi connectivity index (χ1v) is 7.44. The average Bonchev–Trinajstić information content (AvgIpc) is 2.54. The van der Waals surface area contributed by atoms with Gasteiger partial charge >= 0.3 is 0 Å². The lowest BCUT2D eigenvalue weighted by molar-refractivity contribution is 0.104. The summed E-state index contributed by atoms with van der Waals surface area (Å²) in [5.74, 6) is -0.0823. The number of carbonyl (C=O) groups excluding carboxylic acids is 1. The molecule has 0 atom stereocenters. The van der Waals surface area contributed by atoms with Crippen LogP contribution in [-0.4, -0.2) is 17.3 Å². The Morgan fingerprint density at radius 2 is 2.00 bits per heavy atom. The van der Waals surface area contributed by atoms with Gasteiger partial charge in [0.05, 0.1) is 5.02 Å². The van der Waals surface area contributed by atoms with Gasteiger partial charge in [0.15, 0.2) is 5.78 Å². The maximum absolute atomic E-state index is 12.8. The smallest absolute Gasteiger partial charge is 0.195 e. The van der Waals surface area contributed by atoms with Crippen molar-refractivity contribution in [1.29, 1.82) is 0 Å². The standard InChI is InChI=1S/C18H15ClN2O/c19-17-10-12(6-8-20)4-5-16(17)18(22)15-3-1-2-13-11-21-9-7-14(13)15/h1-5,7,9-11H,6,8,20H2. The zero-order valence-corrected chi connectivity index (χ0v) is 12.7. The van der Waals surface area contributed by atoms with E-state index in [0.29, 0.717) is 22.7 Å². The van der Waals surface area contributed by atoms with Gasteiger partial charge in [-0.15, -0.1) is 0 Å². The van der Waals surface area contributed by atoms with Gasteiger partial charge in [-0.3, -0.25) is 9.78 Å². The fourth-order valence-electron chi connectivity index (χ4n) is 2.53. The van der Waals surface area contributed by atoms with Gasteiger partial charge in [-0.2, -0.15) is 0 Å². The molecule has 0 aliphatic carbocycles. The van der Waals surface area contributed by atoms with Gasteiger partial charge in [0.2, 0.25) is 0 Å². The molecule has 1 aromatic heterocycles. The lowest BCUT2D eigenvalue weighted by Gasteiger charge is -2.08. The van der Waals surface area contributed by atoms with Crippen LogP contribution in [0.3, 0.4) is 0 Å². The van der Waals surface area contributed by atoms with Crippen molar-refractivity contribution in [1.82, 2.24) is 4.98 Å². The van der Waals surface area contributed by atoms with Crippen molar-refractivity contribution in [2.24, 2.45) is 5.73 Å². The van der Waals surface area contributed by atoms with Crippen LogP contribution >= 0.6 is 11.6 Å². The molecule has 0 radical (unpaired) electrons. The number of hydrogen-bond donors (Lipinski definition) is 1. The van der Waals surface area contributed by atoms with Crippen molar-refractivity contribution in [3.63, 3.8) is 0 Å². The van der Waals surface area contributed by atoms with Crippen molar-refractivity contribution >= 4 is 28.2 Å². The van der Waals surface area contributed by atoms with Gasteiger partial charge in [-0.1, -0.05) is 35.9 Å². The summed E-state index contributed by atoms with van der Waals surface area (Å²) >= 11 is 6.29. The van der Waals surface area contributed by atoms with E-state index in [2.05, 4.69) is 4.98 Å². The topological polar surface area (TPSA) is 56.0 Å². The number of rotatable bonds is 4. The summed E-state index contributed by atoms with van der Waals surface area (Å²) in [6.07, 6.45) is 4.18. The van der Waals surface area contributed by atoms with Crippen molar-refractivity contribution in [2.45, 2.75) is 6.42 Å². The van der Waals surface area contributed by atoms with Crippen molar-refractivity contribution < 1.29 is 4.79 Å². The third-order valence-electron chi connectivity index (χ3n) is 3.64. The number of carbonyl (C=O) groups is 1. The molecular weight excluding hydrogens is 296 g/mol. The highest BCUT2D eigenvalue weighted by molar-refractivity contribution is 6.35. The van der Waals surface area contributed by atoms with E-state index < -0.39 is 0 Å². The molecule has 0 bridgehead atoms. The van der Waals surface area contributed by atoms with Crippen LogP contribution in [0.1, 0.15) is 21.5 Å². The molecular formula is C18H15ClN2O. The highest BCUT2D eigenvalue weighted by Crippen LogP contribution is 2.25. The van der Waals surface area contributed by atoms with E-state index in [1.165, 1.54) is 0 Å². The van der Waals surface area contributed by atoms with E-state index in [1.807, 2.05) is 36.4 Å². The Hall–Kier alpha value is -2.23. The zero-order valence-electron chi connectivity index (χ0n) is 11.9. The number of nitrogens with two attached hydrogens (primary N) is 1. The van der Waals surface area contributed by atoms with Crippen molar-refractivity contribution in [3.05, 3.63) is 76.6 Å². The van der Waals surface area contributed by atoms with E-state index in [4.69, 9.17) is 17.3 Å². The fourth-order valence-corrected chi connectivity index (χ4v) is 2.82. The SMILES string of the molecule is NCCc1ccc(C(=O)c2cccc3cnccc23)c(Cl)c1. The zero-order chi connectivity index (χ0) is 15.5. The van der Waals surface area contributed by atoms with E-state index >= 15 is 0 Å². The second-order valence-electron chi connectivity index (χ2n) is 5.08. The molecule has 0 aliphatic heterocycles. The molecule has 0 amide bonds. The Balaban J connectivity index is 2.06. The molecule has 22 heavy (non-hydrogen) atoms. The summed E-state index contributed by atoms with van der Waals surface area (Å²) in [7, 11) is 0. The first kappa shape index (κ1) is 14.7. The van der Waals surface area contributed by atoms with Gasteiger partial charge in [-0.05, 0) is 42.1 Å². The summed E-state index contributed by atoms with van der Waals surface area (Å²) in [6, 6.07) is 12.9. The second kappa shape index (κ2) is 6.26. The minimum atomic E-state index is -0.0823. The quantitative estimate of drug-likeness (QED) is 0.749. The van der Waals surface area contributed by atoms with Crippen LogP contribution in [0.25, 0.3) is 10.8 Å². The van der Waals surface area contributed by atoms with Crippen LogP contribution in [0, 0.1) is 0 Å². The monoisotopic (exact) mass is 310 g/mol. The number of hydrogen-bond acceptors (Lipinski definition) is 3. The number of halogens is 1. The number of ketones is 1. The Kier molecular flexibility index (Phi) is 4.18. The van der Waals surface area contributed by atoms with Crippen LogP contribution < -0.4 is 5.73 Å². The van der Waals surface area contributed by atoms with Crippen molar-refractivity contribution in [2.75, 3.05) is 6.54 Å². The van der Waals surface area contributed by atoms with Gasteiger partial charge in [0.1, 0.15) is 0 Å². The highest BCUT2D eigenvalue weighted by atomic mass is 35.5. The van der Waals surface area contributed by atoms with E-state index in [-0.39, 0.29) is 5.78 Å². The minimum absolute atomic E-state index is 0.0823. The number of fused-ring (bicyclic) bond motifs is 1.